The Kier molecular flexibility index (Phi) is 6.29. The zero-order valence-corrected chi connectivity index (χ0v) is 21.3. The van der Waals surface area contributed by atoms with E-state index in [1.165, 1.54) is 23.1 Å². The van der Waals surface area contributed by atoms with Crippen molar-refractivity contribution in [1.29, 1.82) is 0 Å². The lowest BCUT2D eigenvalue weighted by Gasteiger charge is -2.28. The van der Waals surface area contributed by atoms with Gasteiger partial charge < -0.3 is 4.90 Å². The van der Waals surface area contributed by atoms with E-state index >= 15 is 0 Å². The number of likely N-dealkylation sites (N-methyl/N-ethyl adjacent to an activating group) is 1. The molecule has 0 unspecified atom stereocenters. The van der Waals surface area contributed by atoms with Gasteiger partial charge in [-0.2, -0.15) is 0 Å². The fourth-order valence-electron chi connectivity index (χ4n) is 4.25. The van der Waals surface area contributed by atoms with Crippen LogP contribution < -0.4 is 19.7 Å². The number of aromatic nitrogens is 1. The highest BCUT2D eigenvalue weighted by Gasteiger charge is 2.34. The molecule has 1 saturated heterocycles. The third-order valence-electron chi connectivity index (χ3n) is 5.79. The van der Waals surface area contributed by atoms with Crippen molar-refractivity contribution in [3.05, 3.63) is 85.8 Å². The molecule has 8 heteroatoms. The molecule has 5 rings (SSSR count). The van der Waals surface area contributed by atoms with E-state index in [2.05, 4.69) is 24.0 Å². The van der Waals surface area contributed by atoms with Crippen molar-refractivity contribution in [2.45, 2.75) is 20.3 Å². The topological polar surface area (TPSA) is 45.6 Å². The molecule has 0 bridgehead atoms. The second-order valence-electron chi connectivity index (χ2n) is 7.89. The van der Waals surface area contributed by atoms with Crippen molar-refractivity contribution in [3.8, 4) is 5.69 Å². The van der Waals surface area contributed by atoms with Gasteiger partial charge in [0.05, 0.1) is 11.4 Å². The summed E-state index contributed by atoms with van der Waals surface area (Å²) in [5.41, 5.74) is 3.62. The van der Waals surface area contributed by atoms with Crippen LogP contribution in [0.2, 0.25) is 0 Å². The molecular weight excluding hydrogens is 483 g/mol. The van der Waals surface area contributed by atoms with Crippen LogP contribution in [0.4, 0.5) is 5.69 Å². The zero-order chi connectivity index (χ0) is 23.8. The van der Waals surface area contributed by atoms with Crippen molar-refractivity contribution in [2.24, 2.45) is 0 Å². The lowest BCUT2D eigenvalue weighted by molar-refractivity contribution is -0.120. The van der Waals surface area contributed by atoms with Crippen molar-refractivity contribution in [3.63, 3.8) is 0 Å². The molecule has 172 valence electrons. The summed E-state index contributed by atoms with van der Waals surface area (Å²) in [6.07, 6.45) is 4.86. The van der Waals surface area contributed by atoms with Gasteiger partial charge in [0, 0.05) is 18.8 Å². The van der Waals surface area contributed by atoms with Gasteiger partial charge in [0.2, 0.25) is 0 Å². The van der Waals surface area contributed by atoms with Crippen LogP contribution in [0.1, 0.15) is 25.8 Å². The van der Waals surface area contributed by atoms with Crippen LogP contribution in [0.3, 0.4) is 0 Å². The first-order valence-electron chi connectivity index (χ1n) is 11.2. The fraction of sp³-hybridized carbons (Fsp3) is 0.192. The summed E-state index contributed by atoms with van der Waals surface area (Å²) in [6.45, 7) is 5.38. The Hall–Kier alpha value is -2.94. The van der Waals surface area contributed by atoms with E-state index in [-0.39, 0.29) is 11.5 Å². The van der Waals surface area contributed by atoms with E-state index in [1.54, 1.807) is 9.47 Å². The molecule has 5 nitrogen and oxygen atoms in total. The molecule has 3 aromatic rings. The molecule has 2 aliphatic heterocycles. The second-order valence-corrected chi connectivity index (χ2v) is 10.5. The Morgan fingerprint density at radius 1 is 0.912 bits per heavy atom. The van der Waals surface area contributed by atoms with E-state index in [0.717, 1.165) is 29.1 Å². The molecule has 2 aromatic carbocycles. The minimum Gasteiger partial charge on any atom is -0.340 e. The average Bonchev–Trinajstić information content (AvgIpc) is 3.35. The molecule has 3 heterocycles. The lowest BCUT2D eigenvalue weighted by Crippen LogP contribution is -2.36. The minimum atomic E-state index is -0.135. The van der Waals surface area contributed by atoms with Crippen molar-refractivity contribution in [1.82, 2.24) is 9.47 Å². The van der Waals surface area contributed by atoms with Crippen LogP contribution >= 0.6 is 35.3 Å². The Morgan fingerprint density at radius 2 is 1.65 bits per heavy atom. The van der Waals surface area contributed by atoms with E-state index in [9.17, 15) is 9.59 Å². The molecule has 1 amide bonds. The maximum absolute atomic E-state index is 13.9. The third-order valence-corrected chi connectivity index (χ3v) is 8.53. The predicted octanol–water partition coefficient (Wildman–Crippen LogP) is 3.94. The summed E-state index contributed by atoms with van der Waals surface area (Å²) in [6, 6.07) is 17.6. The van der Waals surface area contributed by atoms with Crippen LogP contribution in [0, 0.1) is 0 Å². The van der Waals surface area contributed by atoms with Crippen LogP contribution in [-0.2, 0) is 4.79 Å². The van der Waals surface area contributed by atoms with Gasteiger partial charge in [-0.15, -0.1) is 11.3 Å². The minimum absolute atomic E-state index is 0.129. The molecule has 0 aliphatic carbocycles. The number of fused-ring (bicyclic) bond motifs is 1. The largest absolute Gasteiger partial charge is 0.340 e. The van der Waals surface area contributed by atoms with E-state index < -0.39 is 0 Å². The number of benzene rings is 2. The van der Waals surface area contributed by atoms with Gasteiger partial charge >= 0.3 is 0 Å². The highest BCUT2D eigenvalue weighted by Crippen LogP contribution is 2.32. The maximum Gasteiger partial charge on any atom is 0.275 e. The van der Waals surface area contributed by atoms with E-state index in [1.807, 2.05) is 61.5 Å². The molecule has 0 saturated carbocycles. The average molecular weight is 506 g/mol. The number of anilines is 1. The zero-order valence-electron chi connectivity index (χ0n) is 18.9. The summed E-state index contributed by atoms with van der Waals surface area (Å²) in [5, 5.41) is 0. The SMILES string of the molecule is CCCN1C(=O)/C(=c2\s/c(=C3/C=Cc4ccccc4N3CC)c(=O)n2-c2ccccc2)SC1=S. The number of thioether (sulfide) groups is 1. The number of nitrogens with zero attached hydrogens (tertiary/aromatic N) is 3. The number of thiazole rings is 1. The lowest BCUT2D eigenvalue weighted by atomic mass is 10.1. The quantitative estimate of drug-likeness (QED) is 0.503. The molecule has 34 heavy (non-hydrogen) atoms. The second kappa shape index (κ2) is 9.37. The van der Waals surface area contributed by atoms with Gasteiger partial charge in [0.15, 0.2) is 0 Å². The number of carbonyl (C=O) groups excluding carboxylic acids is 1. The summed E-state index contributed by atoms with van der Waals surface area (Å²) >= 11 is 8.15. The first-order chi connectivity index (χ1) is 16.5. The first kappa shape index (κ1) is 22.8. The number of hydrogen-bond acceptors (Lipinski definition) is 6. The maximum atomic E-state index is 13.9. The number of carbonyl (C=O) groups is 1. The predicted molar refractivity (Wildman–Crippen MR) is 147 cm³/mol. The van der Waals surface area contributed by atoms with E-state index in [0.29, 0.717) is 31.5 Å². The Balaban J connectivity index is 1.84. The summed E-state index contributed by atoms with van der Waals surface area (Å²) in [7, 11) is 0. The van der Waals surface area contributed by atoms with Crippen molar-refractivity contribution < 1.29 is 4.79 Å². The molecule has 0 atom stereocenters. The number of amides is 1. The van der Waals surface area contributed by atoms with Gasteiger partial charge in [-0.1, -0.05) is 73.4 Å². The molecule has 2 aliphatic rings. The Bertz CT molecular complexity index is 1500. The smallest absolute Gasteiger partial charge is 0.275 e. The summed E-state index contributed by atoms with van der Waals surface area (Å²) in [4.78, 5) is 31.5. The number of thiocarbonyl (C=S) groups is 1. The van der Waals surface area contributed by atoms with Crippen LogP contribution in [0.25, 0.3) is 22.4 Å². The van der Waals surface area contributed by atoms with Gasteiger partial charge in [-0.3, -0.25) is 19.1 Å². The van der Waals surface area contributed by atoms with Crippen molar-refractivity contribution in [2.75, 3.05) is 18.0 Å². The molecule has 1 fully saturated rings. The fourth-order valence-corrected chi connectivity index (χ4v) is 6.87. The first-order valence-corrected chi connectivity index (χ1v) is 13.2. The normalized spacial score (nSPS) is 18.6. The number of hydrogen-bond donors (Lipinski definition) is 0. The van der Waals surface area contributed by atoms with Gasteiger partial charge in [-0.25, -0.2) is 0 Å². The van der Waals surface area contributed by atoms with Crippen molar-refractivity contribution >= 4 is 67.9 Å². The van der Waals surface area contributed by atoms with Gasteiger partial charge in [-0.05, 0) is 43.2 Å². The molecule has 0 N–H and O–H groups in total. The molecule has 0 radical (unpaired) electrons. The third kappa shape index (κ3) is 3.76. The highest BCUT2D eigenvalue weighted by atomic mass is 32.2. The molecular formula is C26H23N3O2S3. The monoisotopic (exact) mass is 505 g/mol. The number of para-hydroxylation sites is 2. The van der Waals surface area contributed by atoms with Crippen LogP contribution in [0.5, 0.6) is 0 Å². The number of rotatable bonds is 4. The van der Waals surface area contributed by atoms with Gasteiger partial charge in [0.25, 0.3) is 11.5 Å². The standard InChI is InChI=1S/C26H23N3O2S3/c1-3-16-28-23(30)22(34-26(28)32)25-29(18-11-6-5-7-12-18)24(31)21(33-25)20-15-14-17-10-8-9-13-19(17)27(20)4-2/h5-15H,3-4,16H2,1-2H3/b21-20-,25-22+. The van der Waals surface area contributed by atoms with Crippen LogP contribution in [0.15, 0.2) is 65.5 Å². The summed E-state index contributed by atoms with van der Waals surface area (Å²) in [5.74, 6) is -0.129. The van der Waals surface area contributed by atoms with E-state index in [4.69, 9.17) is 12.2 Å². The Labute approximate surface area is 211 Å². The summed E-state index contributed by atoms with van der Waals surface area (Å²) < 4.78 is 3.43. The molecule has 0 spiro atoms. The van der Waals surface area contributed by atoms with Gasteiger partial charge in [0.1, 0.15) is 18.4 Å². The van der Waals surface area contributed by atoms with Crippen LogP contribution in [-0.4, -0.2) is 32.8 Å². The Morgan fingerprint density at radius 3 is 2.38 bits per heavy atom. The highest BCUT2D eigenvalue weighted by molar-refractivity contribution is 8.30. The molecule has 1 aromatic heterocycles.